The lowest BCUT2D eigenvalue weighted by atomic mass is 10.1. The fourth-order valence-electron chi connectivity index (χ4n) is 6.19. The molecule has 39 heavy (non-hydrogen) atoms. The summed E-state index contributed by atoms with van der Waals surface area (Å²) >= 11 is 0. The molecule has 0 amide bonds. The first kappa shape index (κ1) is 25.8. The van der Waals surface area contributed by atoms with Crippen molar-refractivity contribution in [2.75, 3.05) is 25.0 Å². The summed E-state index contributed by atoms with van der Waals surface area (Å²) in [4.78, 5) is 27.5. The molecule has 2 atom stereocenters. The molecule has 0 radical (unpaired) electrons. The minimum atomic E-state index is -0.513. The SMILES string of the molecule is CCN1CC2CCC(C1)N2Cc1ccc(Nc2ncc(F)c(-c3cnc4nc(C)n(C(C)(C)C)c4c3)n2)nc1. The number of likely N-dealkylation sites (N-methyl/N-ethyl adjacent to an activating group) is 1. The van der Waals surface area contributed by atoms with Crippen molar-refractivity contribution in [3.8, 4) is 11.3 Å². The summed E-state index contributed by atoms with van der Waals surface area (Å²) in [6.07, 6.45) is 7.25. The molecule has 4 aromatic heterocycles. The molecule has 204 valence electrons. The molecule has 2 saturated heterocycles. The van der Waals surface area contributed by atoms with Crippen molar-refractivity contribution < 1.29 is 4.39 Å². The molecule has 4 aromatic rings. The number of pyridine rings is 2. The zero-order valence-electron chi connectivity index (χ0n) is 23.3. The summed E-state index contributed by atoms with van der Waals surface area (Å²) < 4.78 is 17.0. The van der Waals surface area contributed by atoms with E-state index in [4.69, 9.17) is 0 Å². The molecule has 9 nitrogen and oxygen atoms in total. The van der Waals surface area contributed by atoms with Gasteiger partial charge in [-0.3, -0.25) is 4.90 Å². The van der Waals surface area contributed by atoms with Crippen molar-refractivity contribution in [1.82, 2.24) is 39.3 Å². The third-order valence-electron chi connectivity index (χ3n) is 7.95. The van der Waals surface area contributed by atoms with Gasteiger partial charge in [0.1, 0.15) is 17.3 Å². The predicted octanol–water partition coefficient (Wildman–Crippen LogP) is 4.90. The molecule has 0 saturated carbocycles. The third-order valence-corrected chi connectivity index (χ3v) is 7.95. The number of aromatic nitrogens is 6. The van der Waals surface area contributed by atoms with Crippen LogP contribution in [-0.2, 0) is 12.1 Å². The molecule has 2 aliphatic rings. The van der Waals surface area contributed by atoms with Gasteiger partial charge in [-0.15, -0.1) is 0 Å². The van der Waals surface area contributed by atoms with Crippen LogP contribution in [0.25, 0.3) is 22.4 Å². The molecule has 0 aromatic carbocycles. The Morgan fingerprint density at radius 3 is 2.44 bits per heavy atom. The van der Waals surface area contributed by atoms with E-state index in [-0.39, 0.29) is 17.2 Å². The van der Waals surface area contributed by atoms with Gasteiger partial charge in [-0.05, 0) is 64.8 Å². The molecule has 6 heterocycles. The van der Waals surface area contributed by atoms with Gasteiger partial charge in [0.25, 0.3) is 0 Å². The first-order chi connectivity index (χ1) is 18.7. The summed E-state index contributed by atoms with van der Waals surface area (Å²) in [6, 6.07) is 7.19. The van der Waals surface area contributed by atoms with Crippen LogP contribution in [0.5, 0.6) is 0 Å². The highest BCUT2D eigenvalue weighted by Gasteiger charge is 2.39. The first-order valence-corrected chi connectivity index (χ1v) is 13.8. The van der Waals surface area contributed by atoms with Crippen molar-refractivity contribution in [3.63, 3.8) is 0 Å². The van der Waals surface area contributed by atoms with E-state index in [1.54, 1.807) is 6.20 Å². The second-order valence-electron chi connectivity index (χ2n) is 11.7. The largest absolute Gasteiger partial charge is 0.321 e. The lowest BCUT2D eigenvalue weighted by Crippen LogP contribution is -2.52. The Morgan fingerprint density at radius 2 is 1.77 bits per heavy atom. The van der Waals surface area contributed by atoms with E-state index in [0.717, 1.165) is 37.5 Å². The number of nitrogens with one attached hydrogen (secondary N) is 1. The monoisotopic (exact) mass is 529 g/mol. The van der Waals surface area contributed by atoms with Crippen LogP contribution in [0.15, 0.2) is 36.8 Å². The molecule has 0 aliphatic carbocycles. The van der Waals surface area contributed by atoms with Gasteiger partial charge >= 0.3 is 0 Å². The number of rotatable bonds is 6. The minimum absolute atomic E-state index is 0.180. The number of halogens is 1. The average molecular weight is 530 g/mol. The van der Waals surface area contributed by atoms with Gasteiger partial charge in [0.15, 0.2) is 11.5 Å². The van der Waals surface area contributed by atoms with Gasteiger partial charge in [0.05, 0.1) is 11.7 Å². The van der Waals surface area contributed by atoms with E-state index in [1.165, 1.54) is 24.6 Å². The van der Waals surface area contributed by atoms with Crippen LogP contribution in [0, 0.1) is 12.7 Å². The lowest BCUT2D eigenvalue weighted by Gasteiger charge is -2.40. The Kier molecular flexibility index (Phi) is 6.55. The van der Waals surface area contributed by atoms with Crippen molar-refractivity contribution in [1.29, 1.82) is 0 Å². The topological polar surface area (TPSA) is 87.9 Å². The molecule has 2 bridgehead atoms. The maximum atomic E-state index is 14.9. The fraction of sp³-hybridized carbons (Fsp3) is 0.483. The summed E-state index contributed by atoms with van der Waals surface area (Å²) in [6.45, 7) is 14.9. The Hall–Kier alpha value is -3.50. The number of anilines is 2. The van der Waals surface area contributed by atoms with E-state index < -0.39 is 5.82 Å². The van der Waals surface area contributed by atoms with Gasteiger partial charge in [-0.25, -0.2) is 29.3 Å². The summed E-state index contributed by atoms with van der Waals surface area (Å²) in [5.41, 5.74) is 3.21. The quantitative estimate of drug-likeness (QED) is 0.378. The average Bonchev–Trinajstić information content (AvgIpc) is 3.35. The zero-order valence-corrected chi connectivity index (χ0v) is 23.3. The van der Waals surface area contributed by atoms with Crippen LogP contribution in [0.4, 0.5) is 16.2 Å². The Labute approximate surface area is 228 Å². The van der Waals surface area contributed by atoms with Crippen LogP contribution in [0.3, 0.4) is 0 Å². The first-order valence-electron chi connectivity index (χ1n) is 13.8. The number of nitrogens with zero attached hydrogens (tertiary/aromatic N) is 8. The molecule has 2 fully saturated rings. The van der Waals surface area contributed by atoms with Gasteiger partial charge in [-0.2, -0.15) is 0 Å². The van der Waals surface area contributed by atoms with Gasteiger partial charge in [0.2, 0.25) is 5.95 Å². The highest BCUT2D eigenvalue weighted by atomic mass is 19.1. The molecule has 6 rings (SSSR count). The lowest BCUT2D eigenvalue weighted by molar-refractivity contribution is 0.0641. The molecule has 1 N–H and O–H groups in total. The number of aryl methyl sites for hydroxylation is 1. The predicted molar refractivity (Wildman–Crippen MR) is 150 cm³/mol. The van der Waals surface area contributed by atoms with Crippen LogP contribution in [0.1, 0.15) is 51.9 Å². The van der Waals surface area contributed by atoms with E-state index in [1.807, 2.05) is 25.3 Å². The summed E-state index contributed by atoms with van der Waals surface area (Å²) in [5, 5.41) is 3.13. The number of hydrogen-bond acceptors (Lipinski definition) is 8. The van der Waals surface area contributed by atoms with Gasteiger partial charge in [0, 0.05) is 55.2 Å². The molecule has 2 aliphatic heterocycles. The fourth-order valence-corrected chi connectivity index (χ4v) is 6.19. The van der Waals surface area contributed by atoms with Gasteiger partial charge < -0.3 is 14.8 Å². The van der Waals surface area contributed by atoms with E-state index >= 15 is 0 Å². The Balaban J connectivity index is 1.20. The number of hydrogen-bond donors (Lipinski definition) is 1. The smallest absolute Gasteiger partial charge is 0.229 e. The van der Waals surface area contributed by atoms with Crippen LogP contribution in [-0.4, -0.2) is 71.0 Å². The Bertz CT molecular complexity index is 1480. The van der Waals surface area contributed by atoms with E-state index in [9.17, 15) is 4.39 Å². The maximum Gasteiger partial charge on any atom is 0.229 e. The van der Waals surface area contributed by atoms with E-state index in [0.29, 0.717) is 29.1 Å². The number of likely N-dealkylation sites (tertiary alicyclic amines) is 1. The molecular weight excluding hydrogens is 493 g/mol. The number of fused-ring (bicyclic) bond motifs is 3. The third kappa shape index (κ3) is 4.98. The van der Waals surface area contributed by atoms with Gasteiger partial charge in [-0.1, -0.05) is 13.0 Å². The maximum absolute atomic E-state index is 14.9. The second-order valence-corrected chi connectivity index (χ2v) is 11.7. The minimum Gasteiger partial charge on any atom is -0.321 e. The van der Waals surface area contributed by atoms with Crippen LogP contribution < -0.4 is 5.32 Å². The highest BCUT2D eigenvalue weighted by Crippen LogP contribution is 2.32. The zero-order chi connectivity index (χ0) is 27.3. The van der Waals surface area contributed by atoms with Crippen LogP contribution >= 0.6 is 0 Å². The standard InChI is InChI=1S/C29H36FN9/c1-6-37-16-21-8-9-22(17-37)38(21)15-19-7-10-25(31-12-19)35-28-33-14-23(30)26(36-28)20-11-24-27(32-13-20)34-18(2)39(24)29(3,4)5/h7,10-14,21-22H,6,8-9,15-17H2,1-5H3,(H,31,33,35,36). The van der Waals surface area contributed by atoms with E-state index in [2.05, 4.69) is 78.4 Å². The van der Waals surface area contributed by atoms with Crippen LogP contribution in [0.2, 0.25) is 0 Å². The second kappa shape index (κ2) is 9.91. The van der Waals surface area contributed by atoms with Crippen molar-refractivity contribution in [2.24, 2.45) is 0 Å². The van der Waals surface area contributed by atoms with Crippen molar-refractivity contribution in [2.45, 2.75) is 71.6 Å². The molecule has 2 unspecified atom stereocenters. The summed E-state index contributed by atoms with van der Waals surface area (Å²) in [7, 11) is 0. The Morgan fingerprint density at radius 1 is 1.00 bits per heavy atom. The molecular formula is C29H36FN9. The normalized spacial score (nSPS) is 20.2. The number of imidazole rings is 1. The highest BCUT2D eigenvalue weighted by molar-refractivity contribution is 5.78. The molecule has 10 heteroatoms. The summed E-state index contributed by atoms with van der Waals surface area (Å²) in [5.74, 6) is 1.24. The van der Waals surface area contributed by atoms with Crippen molar-refractivity contribution in [3.05, 3.63) is 54.0 Å². The van der Waals surface area contributed by atoms with Crippen molar-refractivity contribution >= 4 is 22.9 Å². The number of piperazine rings is 1. The molecule has 0 spiro atoms.